The van der Waals surface area contributed by atoms with E-state index in [-0.39, 0.29) is 0 Å². The van der Waals surface area contributed by atoms with Crippen molar-refractivity contribution in [2.24, 2.45) is 0 Å². The van der Waals surface area contributed by atoms with Gasteiger partial charge in [-0.15, -0.1) is 0 Å². The minimum atomic E-state index is 0.655. The number of aromatic nitrogens is 2. The maximum atomic E-state index is 4.74. The Morgan fingerprint density at radius 3 is 2.48 bits per heavy atom. The number of hydrogen-bond acceptors (Lipinski definition) is 4. The summed E-state index contributed by atoms with van der Waals surface area (Å²) in [6.07, 6.45) is 9.11. The Balaban J connectivity index is 1.85. The predicted molar refractivity (Wildman–Crippen MR) is 88.1 cm³/mol. The Labute approximate surface area is 128 Å². The second kappa shape index (κ2) is 6.63. The van der Waals surface area contributed by atoms with E-state index < -0.39 is 0 Å². The first kappa shape index (κ1) is 14.6. The number of hydrogen-bond donors (Lipinski definition) is 0. The Morgan fingerprint density at radius 1 is 1.00 bits per heavy atom. The quantitative estimate of drug-likeness (QED) is 0.851. The van der Waals surface area contributed by atoms with E-state index in [0.29, 0.717) is 6.04 Å². The number of anilines is 2. The minimum Gasteiger partial charge on any atom is -0.356 e. The summed E-state index contributed by atoms with van der Waals surface area (Å²) < 4.78 is 0. The zero-order chi connectivity index (χ0) is 14.7. The van der Waals surface area contributed by atoms with Crippen molar-refractivity contribution in [1.82, 2.24) is 9.97 Å². The number of aryl methyl sites for hydroxylation is 1. The molecule has 1 aromatic rings. The van der Waals surface area contributed by atoms with Crippen LogP contribution in [0.1, 0.15) is 57.7 Å². The first-order valence-corrected chi connectivity index (χ1v) is 8.65. The first-order chi connectivity index (χ1) is 10.3. The van der Waals surface area contributed by atoms with Crippen LogP contribution in [-0.4, -0.2) is 35.6 Å². The van der Waals surface area contributed by atoms with Gasteiger partial charge in [-0.2, -0.15) is 0 Å². The van der Waals surface area contributed by atoms with Gasteiger partial charge in [0.2, 0.25) is 0 Å². The molecule has 0 aromatic carbocycles. The molecule has 0 aliphatic carbocycles. The third-order valence-electron chi connectivity index (χ3n) is 4.88. The summed E-state index contributed by atoms with van der Waals surface area (Å²) >= 11 is 0. The van der Waals surface area contributed by atoms with Gasteiger partial charge in [0.05, 0.1) is 0 Å². The maximum Gasteiger partial charge on any atom is 0.134 e. The summed E-state index contributed by atoms with van der Waals surface area (Å²) in [6, 6.07) is 2.88. The summed E-state index contributed by atoms with van der Waals surface area (Å²) in [6.45, 7) is 7.76. The zero-order valence-corrected chi connectivity index (χ0v) is 13.5. The molecule has 1 atom stereocenters. The lowest BCUT2D eigenvalue weighted by molar-refractivity contribution is 0.446. The molecule has 0 spiro atoms. The Bertz CT molecular complexity index is 468. The lowest BCUT2D eigenvalue weighted by atomic mass is 10.00. The summed E-state index contributed by atoms with van der Waals surface area (Å²) in [5, 5.41) is 0. The molecule has 4 nitrogen and oxygen atoms in total. The number of nitrogens with zero attached hydrogens (tertiary/aromatic N) is 4. The van der Waals surface area contributed by atoms with Crippen LogP contribution in [0, 0.1) is 6.92 Å². The summed E-state index contributed by atoms with van der Waals surface area (Å²) in [7, 11) is 0. The van der Waals surface area contributed by atoms with Gasteiger partial charge in [0.25, 0.3) is 0 Å². The Kier molecular flexibility index (Phi) is 4.61. The summed E-state index contributed by atoms with van der Waals surface area (Å²) in [5.74, 6) is 3.20. The second-order valence-electron chi connectivity index (χ2n) is 6.43. The molecule has 0 amide bonds. The largest absolute Gasteiger partial charge is 0.356 e. The van der Waals surface area contributed by atoms with Crippen molar-refractivity contribution in [3.8, 4) is 0 Å². The van der Waals surface area contributed by atoms with Crippen LogP contribution in [-0.2, 0) is 0 Å². The smallest absolute Gasteiger partial charge is 0.134 e. The molecule has 2 aliphatic heterocycles. The fourth-order valence-corrected chi connectivity index (χ4v) is 3.70. The van der Waals surface area contributed by atoms with Crippen molar-refractivity contribution in [2.45, 2.75) is 64.8 Å². The van der Waals surface area contributed by atoms with Crippen LogP contribution in [0.5, 0.6) is 0 Å². The fraction of sp³-hybridized carbons (Fsp3) is 0.765. The van der Waals surface area contributed by atoms with Crippen molar-refractivity contribution in [3.63, 3.8) is 0 Å². The van der Waals surface area contributed by atoms with Crippen molar-refractivity contribution < 1.29 is 0 Å². The van der Waals surface area contributed by atoms with Gasteiger partial charge in [0.15, 0.2) is 0 Å². The van der Waals surface area contributed by atoms with E-state index in [1.54, 1.807) is 0 Å². The van der Waals surface area contributed by atoms with E-state index in [9.17, 15) is 0 Å². The second-order valence-corrected chi connectivity index (χ2v) is 6.43. The third-order valence-corrected chi connectivity index (χ3v) is 4.88. The normalized spacial score (nSPS) is 23.4. The molecule has 0 N–H and O–H groups in total. The number of rotatable bonds is 3. The molecule has 4 heteroatoms. The van der Waals surface area contributed by atoms with Crippen molar-refractivity contribution in [1.29, 1.82) is 0 Å². The van der Waals surface area contributed by atoms with Crippen LogP contribution in [0.2, 0.25) is 0 Å². The molecule has 0 saturated carbocycles. The molecule has 1 unspecified atom stereocenters. The van der Waals surface area contributed by atoms with E-state index in [1.165, 1.54) is 44.9 Å². The highest BCUT2D eigenvalue weighted by atomic mass is 15.3. The highest BCUT2D eigenvalue weighted by Gasteiger charge is 2.23. The molecule has 2 saturated heterocycles. The average molecular weight is 288 g/mol. The van der Waals surface area contributed by atoms with Crippen molar-refractivity contribution in [2.75, 3.05) is 29.4 Å². The summed E-state index contributed by atoms with van der Waals surface area (Å²) in [4.78, 5) is 14.4. The molecule has 1 aromatic heterocycles. The molecule has 0 bridgehead atoms. The fourth-order valence-electron chi connectivity index (χ4n) is 3.70. The van der Waals surface area contributed by atoms with E-state index in [2.05, 4.69) is 22.8 Å². The van der Waals surface area contributed by atoms with Crippen LogP contribution in [0.15, 0.2) is 6.07 Å². The maximum absolute atomic E-state index is 4.74. The third kappa shape index (κ3) is 3.30. The van der Waals surface area contributed by atoms with Crippen LogP contribution in [0.3, 0.4) is 0 Å². The molecule has 2 aliphatic rings. The van der Waals surface area contributed by atoms with E-state index in [0.717, 1.165) is 37.1 Å². The van der Waals surface area contributed by atoms with Crippen molar-refractivity contribution >= 4 is 11.6 Å². The monoisotopic (exact) mass is 288 g/mol. The molecule has 3 heterocycles. The molecule has 116 valence electrons. The predicted octanol–water partition coefficient (Wildman–Crippen LogP) is 3.54. The van der Waals surface area contributed by atoms with Gasteiger partial charge in [-0.05, 0) is 51.9 Å². The first-order valence-electron chi connectivity index (χ1n) is 8.65. The SMILES string of the molecule is CCC1CCCCN1c1cc(N2CCCCC2)nc(C)n1. The lowest BCUT2D eigenvalue weighted by Crippen LogP contribution is -2.40. The molecular formula is C17H28N4. The van der Waals surface area contributed by atoms with Crippen LogP contribution < -0.4 is 9.80 Å². The molecular weight excluding hydrogens is 260 g/mol. The highest BCUT2D eigenvalue weighted by molar-refractivity contribution is 5.52. The van der Waals surface area contributed by atoms with Crippen LogP contribution >= 0.6 is 0 Å². The van der Waals surface area contributed by atoms with Crippen LogP contribution in [0.4, 0.5) is 11.6 Å². The Morgan fingerprint density at radius 2 is 1.71 bits per heavy atom. The topological polar surface area (TPSA) is 32.3 Å². The average Bonchev–Trinajstić information content (AvgIpc) is 2.55. The molecule has 21 heavy (non-hydrogen) atoms. The van der Waals surface area contributed by atoms with Gasteiger partial charge in [0, 0.05) is 31.7 Å². The number of piperidine rings is 2. The highest BCUT2D eigenvalue weighted by Crippen LogP contribution is 2.28. The van der Waals surface area contributed by atoms with Crippen LogP contribution in [0.25, 0.3) is 0 Å². The minimum absolute atomic E-state index is 0.655. The van der Waals surface area contributed by atoms with Gasteiger partial charge in [-0.3, -0.25) is 0 Å². The molecule has 2 fully saturated rings. The standard InChI is InChI=1S/C17H28N4/c1-3-15-9-5-8-12-21(15)17-13-16(18-14(2)19-17)20-10-6-4-7-11-20/h13,15H,3-12H2,1-2H3. The molecule has 0 radical (unpaired) electrons. The zero-order valence-electron chi connectivity index (χ0n) is 13.5. The van der Waals surface area contributed by atoms with Gasteiger partial charge in [-0.1, -0.05) is 6.92 Å². The van der Waals surface area contributed by atoms with E-state index >= 15 is 0 Å². The van der Waals surface area contributed by atoms with Gasteiger partial charge >= 0.3 is 0 Å². The lowest BCUT2D eigenvalue weighted by Gasteiger charge is -2.37. The van der Waals surface area contributed by atoms with Crippen molar-refractivity contribution in [3.05, 3.63) is 11.9 Å². The molecule has 3 rings (SSSR count). The Hall–Kier alpha value is -1.32. The summed E-state index contributed by atoms with van der Waals surface area (Å²) in [5.41, 5.74) is 0. The van der Waals surface area contributed by atoms with E-state index in [4.69, 9.17) is 9.97 Å². The van der Waals surface area contributed by atoms with E-state index in [1.807, 2.05) is 6.92 Å². The van der Waals surface area contributed by atoms with Gasteiger partial charge in [-0.25, -0.2) is 9.97 Å². The van der Waals surface area contributed by atoms with Gasteiger partial charge in [0.1, 0.15) is 17.5 Å². The van der Waals surface area contributed by atoms with Gasteiger partial charge < -0.3 is 9.80 Å².